The van der Waals surface area contributed by atoms with Crippen LogP contribution < -0.4 is 10.1 Å². The Kier molecular flexibility index (Phi) is 4.22. The van der Waals surface area contributed by atoms with Crippen molar-refractivity contribution in [2.75, 3.05) is 12.4 Å². The molecule has 0 saturated carbocycles. The average molecular weight is 318 g/mol. The van der Waals surface area contributed by atoms with Crippen molar-refractivity contribution >= 4 is 23.1 Å². The molecule has 4 nitrogen and oxygen atoms in total. The molecule has 0 aliphatic carbocycles. The van der Waals surface area contributed by atoms with Gasteiger partial charge in [-0.15, -0.1) is 0 Å². The van der Waals surface area contributed by atoms with Crippen LogP contribution in [0.25, 0.3) is 0 Å². The summed E-state index contributed by atoms with van der Waals surface area (Å²) in [6.45, 7) is 1.68. The van der Waals surface area contributed by atoms with Gasteiger partial charge in [0.25, 0.3) is 0 Å². The van der Waals surface area contributed by atoms with Crippen LogP contribution >= 0.6 is 11.6 Å². The minimum Gasteiger partial charge on any atom is -0.490 e. The van der Waals surface area contributed by atoms with Gasteiger partial charge in [-0.3, -0.25) is 0 Å². The van der Waals surface area contributed by atoms with Crippen molar-refractivity contribution in [1.82, 2.24) is 9.97 Å². The van der Waals surface area contributed by atoms with Crippen molar-refractivity contribution in [3.63, 3.8) is 0 Å². The lowest BCUT2D eigenvalue weighted by Crippen LogP contribution is -2.07. The van der Waals surface area contributed by atoms with E-state index in [1.165, 1.54) is 19.5 Å². The number of hydrogen-bond donors (Lipinski definition) is 1. The first-order valence-corrected chi connectivity index (χ1v) is 6.20. The second-order valence-electron chi connectivity index (χ2n) is 4.20. The Morgan fingerprint density at radius 1 is 1.24 bits per heavy atom. The molecule has 0 atom stereocenters. The highest BCUT2D eigenvalue weighted by molar-refractivity contribution is 6.31. The molecular weight excluding hydrogens is 307 g/mol. The molecule has 2 aromatic rings. The highest BCUT2D eigenvalue weighted by Gasteiger charge is 2.30. The molecule has 1 aromatic carbocycles. The summed E-state index contributed by atoms with van der Waals surface area (Å²) in [5.41, 5.74) is 0.132. The van der Waals surface area contributed by atoms with Gasteiger partial charge in [0.15, 0.2) is 16.7 Å². The third-order valence-corrected chi connectivity index (χ3v) is 3.05. The lowest BCUT2D eigenvalue weighted by atomic mass is 10.1. The Morgan fingerprint density at radius 2 is 1.95 bits per heavy atom. The number of aromatic nitrogens is 2. The normalized spacial score (nSPS) is 11.3. The maximum Gasteiger partial charge on any atom is 0.416 e. The number of nitrogens with zero attached hydrogens (tertiary/aromatic N) is 2. The van der Waals surface area contributed by atoms with Crippen LogP contribution in [0.5, 0.6) is 5.75 Å². The fraction of sp³-hybridized carbons (Fsp3) is 0.231. The van der Waals surface area contributed by atoms with Crippen LogP contribution in [-0.4, -0.2) is 17.1 Å². The molecule has 1 aromatic heterocycles. The zero-order valence-electron chi connectivity index (χ0n) is 11.1. The Hall–Kier alpha value is -2.02. The summed E-state index contributed by atoms with van der Waals surface area (Å²) in [5.74, 6) is 0.357. The molecular formula is C13H11ClF3N3O. The Balaban J connectivity index is 2.42. The van der Waals surface area contributed by atoms with E-state index in [1.54, 1.807) is 6.92 Å². The number of methoxy groups -OCH3 is 1. The lowest BCUT2D eigenvalue weighted by molar-refractivity contribution is -0.137. The van der Waals surface area contributed by atoms with Gasteiger partial charge in [0.2, 0.25) is 0 Å². The third-order valence-electron chi connectivity index (χ3n) is 2.78. The first-order valence-electron chi connectivity index (χ1n) is 5.82. The predicted octanol–water partition coefficient (Wildman–Crippen LogP) is 4.21. The van der Waals surface area contributed by atoms with Crippen molar-refractivity contribution in [3.05, 3.63) is 40.8 Å². The van der Waals surface area contributed by atoms with E-state index in [1.807, 2.05) is 0 Å². The number of benzene rings is 1. The maximum atomic E-state index is 12.7. The van der Waals surface area contributed by atoms with Crippen molar-refractivity contribution in [3.8, 4) is 5.75 Å². The van der Waals surface area contributed by atoms with Crippen LogP contribution in [-0.2, 0) is 6.18 Å². The largest absolute Gasteiger partial charge is 0.490 e. The molecule has 0 fully saturated rings. The molecule has 0 saturated heterocycles. The number of nitrogens with one attached hydrogen (secondary N) is 1. The minimum absolute atomic E-state index is 0.0691. The van der Waals surface area contributed by atoms with Crippen LogP contribution in [0.3, 0.4) is 0 Å². The fourth-order valence-electron chi connectivity index (χ4n) is 1.68. The average Bonchev–Trinajstić information content (AvgIpc) is 2.40. The van der Waals surface area contributed by atoms with Crippen molar-refractivity contribution < 1.29 is 17.9 Å². The van der Waals surface area contributed by atoms with Crippen LogP contribution in [0.1, 0.15) is 11.1 Å². The van der Waals surface area contributed by atoms with E-state index in [9.17, 15) is 13.2 Å². The summed E-state index contributed by atoms with van der Waals surface area (Å²) in [6, 6.07) is 3.40. The van der Waals surface area contributed by atoms with Gasteiger partial charge in [0.1, 0.15) is 6.33 Å². The summed E-state index contributed by atoms with van der Waals surface area (Å²) in [4.78, 5) is 7.67. The van der Waals surface area contributed by atoms with Crippen molar-refractivity contribution in [2.45, 2.75) is 13.1 Å². The van der Waals surface area contributed by atoms with Gasteiger partial charge in [0, 0.05) is 5.69 Å². The van der Waals surface area contributed by atoms with E-state index in [0.29, 0.717) is 5.56 Å². The Morgan fingerprint density at radius 3 is 2.57 bits per heavy atom. The number of hydrogen-bond acceptors (Lipinski definition) is 4. The molecule has 0 aliphatic heterocycles. The first kappa shape index (κ1) is 15.4. The van der Waals surface area contributed by atoms with Gasteiger partial charge >= 0.3 is 6.18 Å². The van der Waals surface area contributed by atoms with Crippen molar-refractivity contribution in [1.29, 1.82) is 0 Å². The van der Waals surface area contributed by atoms with Crippen LogP contribution in [0.2, 0.25) is 5.15 Å². The number of aryl methyl sites for hydroxylation is 1. The third kappa shape index (κ3) is 3.36. The molecule has 0 unspecified atom stereocenters. The smallest absolute Gasteiger partial charge is 0.416 e. The molecule has 112 valence electrons. The molecule has 1 heterocycles. The summed E-state index contributed by atoms with van der Waals surface area (Å²) >= 11 is 5.84. The molecule has 0 bridgehead atoms. The number of alkyl halides is 3. The monoisotopic (exact) mass is 317 g/mol. The summed E-state index contributed by atoms with van der Waals surface area (Å²) in [7, 11) is 1.37. The maximum absolute atomic E-state index is 12.7. The van der Waals surface area contributed by atoms with E-state index in [-0.39, 0.29) is 22.4 Å². The van der Waals surface area contributed by atoms with Gasteiger partial charge in [-0.25, -0.2) is 9.97 Å². The van der Waals surface area contributed by atoms with Crippen molar-refractivity contribution in [2.24, 2.45) is 0 Å². The van der Waals surface area contributed by atoms with Gasteiger partial charge in [-0.05, 0) is 24.6 Å². The Bertz CT molecular complexity index is 662. The fourth-order valence-corrected chi connectivity index (χ4v) is 1.89. The number of rotatable bonds is 3. The van der Waals surface area contributed by atoms with Gasteiger partial charge in [-0.1, -0.05) is 17.7 Å². The number of halogens is 4. The quantitative estimate of drug-likeness (QED) is 0.861. The summed E-state index contributed by atoms with van der Waals surface area (Å²) in [6.07, 6.45) is -3.23. The zero-order chi connectivity index (χ0) is 15.6. The van der Waals surface area contributed by atoms with Crippen LogP contribution in [0.4, 0.5) is 24.7 Å². The number of anilines is 2. The van der Waals surface area contributed by atoms with E-state index < -0.39 is 11.7 Å². The standard InChI is InChI=1S/C13H11ClF3N3O/c1-7-3-4-8(13(15,16)17)5-9(7)20-12-10(21-2)11(14)18-6-19-12/h3-6H,1-2H3,(H,18,19,20). The van der Waals surface area contributed by atoms with E-state index in [2.05, 4.69) is 15.3 Å². The van der Waals surface area contributed by atoms with Crippen LogP contribution in [0.15, 0.2) is 24.5 Å². The molecule has 0 spiro atoms. The molecule has 21 heavy (non-hydrogen) atoms. The van der Waals surface area contributed by atoms with Crippen LogP contribution in [0, 0.1) is 6.92 Å². The van der Waals surface area contributed by atoms with E-state index in [0.717, 1.165) is 12.1 Å². The molecule has 2 rings (SSSR count). The van der Waals surface area contributed by atoms with E-state index in [4.69, 9.17) is 16.3 Å². The highest BCUT2D eigenvalue weighted by atomic mass is 35.5. The molecule has 0 amide bonds. The SMILES string of the molecule is COc1c(Cl)ncnc1Nc1cc(C(F)(F)F)ccc1C. The first-order chi connectivity index (χ1) is 9.82. The predicted molar refractivity (Wildman–Crippen MR) is 73.1 cm³/mol. The second-order valence-corrected chi connectivity index (χ2v) is 4.56. The summed E-state index contributed by atoms with van der Waals surface area (Å²) in [5, 5.41) is 2.85. The second kappa shape index (κ2) is 5.77. The molecule has 0 aliphatic rings. The zero-order valence-corrected chi connectivity index (χ0v) is 11.9. The van der Waals surface area contributed by atoms with Gasteiger partial charge < -0.3 is 10.1 Å². The minimum atomic E-state index is -4.42. The Labute approximate surface area is 123 Å². The lowest BCUT2D eigenvalue weighted by Gasteiger charge is -2.14. The van der Waals surface area contributed by atoms with Gasteiger partial charge in [-0.2, -0.15) is 13.2 Å². The van der Waals surface area contributed by atoms with Gasteiger partial charge in [0.05, 0.1) is 12.7 Å². The molecule has 8 heteroatoms. The summed E-state index contributed by atoms with van der Waals surface area (Å²) < 4.78 is 43.3. The highest BCUT2D eigenvalue weighted by Crippen LogP contribution is 2.35. The molecule has 1 N–H and O–H groups in total. The number of ether oxygens (including phenoxy) is 1. The molecule has 0 radical (unpaired) electrons. The topological polar surface area (TPSA) is 47.0 Å². The van der Waals surface area contributed by atoms with E-state index >= 15 is 0 Å².